The average Bonchev–Trinajstić information content (AvgIpc) is 2.82. The first-order valence-corrected chi connectivity index (χ1v) is 7.00. The molecule has 0 radical (unpaired) electrons. The van der Waals surface area contributed by atoms with Gasteiger partial charge in [-0.1, -0.05) is 0 Å². The third-order valence-electron chi connectivity index (χ3n) is 3.15. The molecule has 0 aliphatic heterocycles. The average molecular weight is 322 g/mol. The number of ether oxygens (including phenoxy) is 1. The molecule has 0 aliphatic rings. The summed E-state index contributed by atoms with van der Waals surface area (Å²) < 4.78 is 20.0. The molecule has 0 saturated heterocycles. The van der Waals surface area contributed by atoms with Gasteiger partial charge >= 0.3 is 6.09 Å². The third kappa shape index (κ3) is 3.50. The van der Waals surface area contributed by atoms with Gasteiger partial charge in [0.25, 0.3) is 5.91 Å². The van der Waals surface area contributed by atoms with Crippen molar-refractivity contribution in [3.05, 3.63) is 35.8 Å². The molecule has 2 aromatic rings. The van der Waals surface area contributed by atoms with Crippen molar-refractivity contribution in [3.63, 3.8) is 0 Å². The zero-order chi connectivity index (χ0) is 17.4. The first kappa shape index (κ1) is 17.0. The number of aromatic nitrogens is 1. The minimum Gasteiger partial charge on any atom is -0.443 e. The van der Waals surface area contributed by atoms with Crippen molar-refractivity contribution < 1.29 is 23.6 Å². The van der Waals surface area contributed by atoms with E-state index in [1.54, 1.807) is 20.8 Å². The van der Waals surface area contributed by atoms with Gasteiger partial charge in [0.1, 0.15) is 11.4 Å². The Morgan fingerprint density at radius 3 is 2.48 bits per heavy atom. The number of carbonyl (C=O) groups is 2. The summed E-state index contributed by atoms with van der Waals surface area (Å²) in [7, 11) is 2.80. The largest absolute Gasteiger partial charge is 0.443 e. The quantitative estimate of drug-likeness (QED) is 0.797. The molecule has 1 aromatic carbocycles. The fraction of sp³-hybridized carbons (Fsp3) is 0.375. The number of rotatable bonds is 2. The second-order valence-electron chi connectivity index (χ2n) is 6.04. The monoisotopic (exact) mass is 322 g/mol. The number of hydrogen-bond acceptors (Lipinski definition) is 4. The number of fused-ring (bicyclic) bond motifs is 1. The van der Waals surface area contributed by atoms with Crippen molar-refractivity contribution in [1.29, 1.82) is 0 Å². The van der Waals surface area contributed by atoms with Crippen LogP contribution in [0.25, 0.3) is 10.9 Å². The lowest BCUT2D eigenvalue weighted by Gasteiger charge is -2.19. The van der Waals surface area contributed by atoms with Crippen molar-refractivity contribution in [2.75, 3.05) is 14.2 Å². The van der Waals surface area contributed by atoms with Gasteiger partial charge in [0.2, 0.25) is 0 Å². The van der Waals surface area contributed by atoms with Crippen molar-refractivity contribution in [2.24, 2.45) is 0 Å². The van der Waals surface area contributed by atoms with Crippen LogP contribution >= 0.6 is 0 Å². The summed E-state index contributed by atoms with van der Waals surface area (Å²) in [6, 6.07) is 3.86. The summed E-state index contributed by atoms with van der Waals surface area (Å²) >= 11 is 0. The van der Waals surface area contributed by atoms with Gasteiger partial charge in [0, 0.05) is 18.6 Å². The van der Waals surface area contributed by atoms with E-state index in [1.165, 1.54) is 38.6 Å². The van der Waals surface area contributed by atoms with E-state index < -0.39 is 23.4 Å². The fourth-order valence-electron chi connectivity index (χ4n) is 2.09. The highest BCUT2D eigenvalue weighted by Crippen LogP contribution is 2.25. The summed E-state index contributed by atoms with van der Waals surface area (Å²) in [6.07, 6.45) is 0.642. The van der Waals surface area contributed by atoms with Gasteiger partial charge in [-0.25, -0.2) is 14.2 Å². The van der Waals surface area contributed by atoms with Crippen molar-refractivity contribution >= 4 is 22.9 Å². The summed E-state index contributed by atoms with van der Waals surface area (Å²) in [5, 5.41) is 1.46. The number of halogens is 1. The Morgan fingerprint density at radius 1 is 1.26 bits per heavy atom. The van der Waals surface area contributed by atoms with Crippen molar-refractivity contribution in [1.82, 2.24) is 9.63 Å². The van der Waals surface area contributed by atoms with E-state index in [0.717, 1.165) is 9.63 Å². The number of hydroxylamine groups is 2. The molecule has 0 bridgehead atoms. The molecule has 0 aliphatic carbocycles. The highest BCUT2D eigenvalue weighted by Gasteiger charge is 2.24. The first-order chi connectivity index (χ1) is 10.6. The van der Waals surface area contributed by atoms with E-state index in [9.17, 15) is 14.0 Å². The van der Waals surface area contributed by atoms with Crippen LogP contribution in [0.5, 0.6) is 0 Å². The van der Waals surface area contributed by atoms with E-state index in [4.69, 9.17) is 9.57 Å². The predicted octanol–water partition coefficient (Wildman–Crippen LogP) is 3.20. The number of hydrogen-bond donors (Lipinski definition) is 0. The minimum absolute atomic E-state index is 0.218. The Bertz CT molecular complexity index is 761. The fourth-order valence-corrected chi connectivity index (χ4v) is 2.09. The maximum absolute atomic E-state index is 13.6. The van der Waals surface area contributed by atoms with Crippen LogP contribution in [-0.2, 0) is 9.57 Å². The molecule has 0 unspecified atom stereocenters. The van der Waals surface area contributed by atoms with Crippen LogP contribution in [-0.4, -0.2) is 41.4 Å². The minimum atomic E-state index is -0.714. The van der Waals surface area contributed by atoms with Crippen LogP contribution in [0.15, 0.2) is 24.4 Å². The van der Waals surface area contributed by atoms with E-state index in [2.05, 4.69) is 0 Å². The van der Waals surface area contributed by atoms with Gasteiger partial charge in [-0.3, -0.25) is 14.2 Å². The summed E-state index contributed by atoms with van der Waals surface area (Å²) in [5.74, 6) is -0.967. The molecule has 0 saturated carbocycles. The van der Waals surface area contributed by atoms with Crippen molar-refractivity contribution in [3.8, 4) is 0 Å². The molecule has 1 aromatic heterocycles. The lowest BCUT2D eigenvalue weighted by Crippen LogP contribution is -2.27. The molecule has 0 fully saturated rings. The van der Waals surface area contributed by atoms with Crippen LogP contribution in [0.2, 0.25) is 0 Å². The molecule has 6 nitrogen and oxygen atoms in total. The lowest BCUT2D eigenvalue weighted by molar-refractivity contribution is -0.0755. The zero-order valence-electron chi connectivity index (χ0n) is 13.7. The molecular formula is C16H19FN2O4. The molecule has 124 valence electrons. The van der Waals surface area contributed by atoms with Crippen molar-refractivity contribution in [2.45, 2.75) is 26.4 Å². The predicted molar refractivity (Wildman–Crippen MR) is 82.6 cm³/mol. The molecule has 23 heavy (non-hydrogen) atoms. The normalized spacial score (nSPS) is 11.6. The second-order valence-corrected chi connectivity index (χ2v) is 6.04. The van der Waals surface area contributed by atoms with E-state index in [1.807, 2.05) is 0 Å². The van der Waals surface area contributed by atoms with E-state index in [-0.39, 0.29) is 11.1 Å². The number of nitrogens with zero attached hydrogens (tertiary/aromatic N) is 2. The van der Waals surface area contributed by atoms with Crippen LogP contribution in [0.1, 0.15) is 31.1 Å². The first-order valence-electron chi connectivity index (χ1n) is 7.00. The van der Waals surface area contributed by atoms with Gasteiger partial charge in [0.05, 0.1) is 18.2 Å². The molecule has 1 heterocycles. The molecule has 0 spiro atoms. The van der Waals surface area contributed by atoms with E-state index >= 15 is 0 Å². The highest BCUT2D eigenvalue weighted by molar-refractivity contribution is 6.08. The molecule has 2 rings (SSSR count). The maximum Gasteiger partial charge on any atom is 0.419 e. The highest BCUT2D eigenvalue weighted by atomic mass is 19.1. The smallest absolute Gasteiger partial charge is 0.419 e. The molecule has 0 atom stereocenters. The van der Waals surface area contributed by atoms with E-state index in [0.29, 0.717) is 5.39 Å². The molecular weight excluding hydrogens is 303 g/mol. The summed E-state index contributed by atoms with van der Waals surface area (Å²) in [4.78, 5) is 29.5. The van der Waals surface area contributed by atoms with Gasteiger partial charge < -0.3 is 4.74 Å². The lowest BCUT2D eigenvalue weighted by atomic mass is 10.1. The maximum atomic E-state index is 13.6. The van der Waals surface area contributed by atoms with Gasteiger partial charge in [-0.15, -0.1) is 0 Å². The Hall–Kier alpha value is -2.41. The number of benzene rings is 1. The van der Waals surface area contributed by atoms with Gasteiger partial charge in [-0.2, -0.15) is 0 Å². The Labute approximate surface area is 133 Å². The Morgan fingerprint density at radius 2 is 1.91 bits per heavy atom. The van der Waals surface area contributed by atoms with Gasteiger partial charge in [-0.05, 0) is 39.0 Å². The zero-order valence-corrected chi connectivity index (χ0v) is 13.7. The molecule has 7 heteroatoms. The van der Waals surface area contributed by atoms with Crippen LogP contribution in [0.3, 0.4) is 0 Å². The Balaban J connectivity index is 2.59. The van der Waals surface area contributed by atoms with Crippen LogP contribution < -0.4 is 0 Å². The van der Waals surface area contributed by atoms with Crippen LogP contribution in [0.4, 0.5) is 9.18 Å². The SMILES string of the molecule is CON(C)C(=O)c1cn(C(=O)OC(C)(C)C)c2cc(F)ccc12. The summed E-state index contributed by atoms with van der Waals surface area (Å²) in [6.45, 7) is 5.17. The van der Waals surface area contributed by atoms with Crippen LogP contribution in [0, 0.1) is 5.82 Å². The third-order valence-corrected chi connectivity index (χ3v) is 3.15. The number of carbonyl (C=O) groups excluding carboxylic acids is 2. The summed E-state index contributed by atoms with van der Waals surface area (Å²) in [5.41, 5.74) is -0.239. The molecule has 1 amide bonds. The second kappa shape index (κ2) is 6.00. The van der Waals surface area contributed by atoms with Gasteiger partial charge in [0.15, 0.2) is 0 Å². The number of amides is 1. The molecule has 0 N–H and O–H groups in total. The standard InChI is InChI=1S/C16H19FN2O4/c1-16(2,3)23-15(21)19-9-12(14(20)18(4)22-5)11-7-6-10(17)8-13(11)19/h6-9H,1-5H3. The topological polar surface area (TPSA) is 60.8 Å². The Kier molecular flexibility index (Phi) is 4.42.